The molecule has 5 fully saturated rings. The topological polar surface area (TPSA) is 52.6 Å². The molecular formula is C37H62O4. The lowest BCUT2D eigenvalue weighted by molar-refractivity contribution is -0.165. The van der Waals surface area contributed by atoms with E-state index in [1.165, 1.54) is 103 Å². The van der Waals surface area contributed by atoms with Crippen molar-refractivity contribution in [2.24, 2.45) is 53.3 Å². The predicted octanol–water partition coefficient (Wildman–Crippen LogP) is 9.68. The minimum Gasteiger partial charge on any atom is -0.465 e. The third-order valence-electron chi connectivity index (χ3n) is 12.9. The van der Waals surface area contributed by atoms with Crippen LogP contribution >= 0.6 is 0 Å². The van der Waals surface area contributed by atoms with Gasteiger partial charge >= 0.3 is 11.9 Å². The molecule has 5 aliphatic carbocycles. The molecule has 5 saturated carbocycles. The molecule has 234 valence electrons. The number of carbonyl (C=O) groups excluding carboxylic acids is 2. The highest BCUT2D eigenvalue weighted by Gasteiger charge is 2.38. The summed E-state index contributed by atoms with van der Waals surface area (Å²) in [5.74, 6) is 5.18. The van der Waals surface area contributed by atoms with Crippen LogP contribution in [0.2, 0.25) is 0 Å². The van der Waals surface area contributed by atoms with Gasteiger partial charge in [0, 0.05) is 0 Å². The van der Waals surface area contributed by atoms with Crippen molar-refractivity contribution in [2.75, 3.05) is 6.61 Å². The fraction of sp³-hybridized carbons (Fsp3) is 0.946. The molecular weight excluding hydrogens is 508 g/mol. The molecule has 1 unspecified atom stereocenters. The average molecular weight is 571 g/mol. The van der Waals surface area contributed by atoms with Crippen LogP contribution in [0.1, 0.15) is 155 Å². The summed E-state index contributed by atoms with van der Waals surface area (Å²) in [6, 6.07) is 0. The summed E-state index contributed by atoms with van der Waals surface area (Å²) >= 11 is 0. The highest BCUT2D eigenvalue weighted by atomic mass is 16.6. The van der Waals surface area contributed by atoms with Crippen LogP contribution in [0.3, 0.4) is 0 Å². The molecule has 4 heteroatoms. The highest BCUT2D eigenvalue weighted by Crippen LogP contribution is 2.43. The van der Waals surface area contributed by atoms with E-state index in [0.717, 1.165) is 74.0 Å². The summed E-state index contributed by atoms with van der Waals surface area (Å²) in [6.07, 6.45) is 27.1. The van der Waals surface area contributed by atoms with Gasteiger partial charge in [0.05, 0.1) is 11.8 Å². The van der Waals surface area contributed by atoms with E-state index in [-0.39, 0.29) is 36.5 Å². The standard InChI is InChI=1S/C37H62O4/c1-3-27-11-15-29(16-12-27)30-17-19-33(20-18-30)36(38)40-25-35(32-7-5-4-6-8-32)37(39)41-34-23-21-31(22-24-34)28-13-9-26(2)10-14-28/h26-35H,3-25H2,1-2H3. The first kappa shape index (κ1) is 31.4. The van der Waals surface area contributed by atoms with E-state index in [4.69, 9.17) is 9.47 Å². The molecule has 0 heterocycles. The second-order valence-electron chi connectivity index (χ2n) is 15.4. The van der Waals surface area contributed by atoms with Gasteiger partial charge in [0.1, 0.15) is 12.7 Å². The maximum absolute atomic E-state index is 13.6. The highest BCUT2D eigenvalue weighted by molar-refractivity contribution is 5.75. The minimum atomic E-state index is -0.276. The van der Waals surface area contributed by atoms with Gasteiger partial charge in [-0.2, -0.15) is 0 Å². The molecule has 1 atom stereocenters. The predicted molar refractivity (Wildman–Crippen MR) is 165 cm³/mol. The minimum absolute atomic E-state index is 0.0271. The summed E-state index contributed by atoms with van der Waals surface area (Å²) in [5.41, 5.74) is 0. The molecule has 41 heavy (non-hydrogen) atoms. The monoisotopic (exact) mass is 570 g/mol. The quantitative estimate of drug-likeness (QED) is 0.259. The lowest BCUT2D eigenvalue weighted by atomic mass is 9.69. The lowest BCUT2D eigenvalue weighted by Gasteiger charge is -2.38. The first-order chi connectivity index (χ1) is 20.0. The SMILES string of the molecule is CCC1CCC(C2CCC(C(=O)OCC(C(=O)OC3CCC(C4CCC(C)CC4)CC3)C3CCCCC3)CC2)CC1. The molecule has 0 aromatic carbocycles. The Balaban J connectivity index is 1.06. The number of hydrogen-bond donors (Lipinski definition) is 0. The molecule has 0 radical (unpaired) electrons. The Kier molecular flexibility index (Phi) is 11.9. The molecule has 5 aliphatic rings. The van der Waals surface area contributed by atoms with Gasteiger partial charge in [-0.1, -0.05) is 65.2 Å². The summed E-state index contributed by atoms with van der Waals surface area (Å²) < 4.78 is 12.2. The van der Waals surface area contributed by atoms with Gasteiger partial charge in [0.25, 0.3) is 0 Å². The van der Waals surface area contributed by atoms with E-state index < -0.39 is 0 Å². The second kappa shape index (κ2) is 15.6. The molecule has 0 aliphatic heterocycles. The van der Waals surface area contributed by atoms with E-state index in [0.29, 0.717) is 5.92 Å². The van der Waals surface area contributed by atoms with Crippen LogP contribution in [-0.4, -0.2) is 24.6 Å². The molecule has 5 rings (SSSR count). The third-order valence-corrected chi connectivity index (χ3v) is 12.9. The Bertz CT molecular complexity index is 786. The second-order valence-corrected chi connectivity index (χ2v) is 15.4. The summed E-state index contributed by atoms with van der Waals surface area (Å²) in [7, 11) is 0. The van der Waals surface area contributed by atoms with Crippen LogP contribution in [0.4, 0.5) is 0 Å². The zero-order valence-corrected chi connectivity index (χ0v) is 26.7. The van der Waals surface area contributed by atoms with Crippen LogP contribution < -0.4 is 0 Å². The normalized spacial score (nSPS) is 38.1. The smallest absolute Gasteiger partial charge is 0.312 e. The summed E-state index contributed by atoms with van der Waals surface area (Å²) in [6.45, 7) is 4.97. The van der Waals surface area contributed by atoms with E-state index >= 15 is 0 Å². The number of esters is 2. The van der Waals surface area contributed by atoms with Crippen molar-refractivity contribution in [3.8, 4) is 0 Å². The molecule has 0 N–H and O–H groups in total. The Morgan fingerprint density at radius 1 is 0.634 bits per heavy atom. The number of hydrogen-bond acceptors (Lipinski definition) is 4. The number of rotatable bonds is 9. The van der Waals surface area contributed by atoms with Crippen LogP contribution in [-0.2, 0) is 19.1 Å². The van der Waals surface area contributed by atoms with E-state index in [1.807, 2.05) is 0 Å². The number of carbonyl (C=O) groups is 2. The van der Waals surface area contributed by atoms with Crippen LogP contribution in [0.5, 0.6) is 0 Å². The Morgan fingerprint density at radius 3 is 1.71 bits per heavy atom. The molecule has 4 nitrogen and oxygen atoms in total. The third kappa shape index (κ3) is 8.75. The largest absolute Gasteiger partial charge is 0.465 e. The van der Waals surface area contributed by atoms with E-state index in [9.17, 15) is 9.59 Å². The Labute approximate surface area is 251 Å². The average Bonchev–Trinajstić information content (AvgIpc) is 3.02. The van der Waals surface area contributed by atoms with Crippen molar-refractivity contribution in [1.29, 1.82) is 0 Å². The van der Waals surface area contributed by atoms with Crippen molar-refractivity contribution < 1.29 is 19.1 Å². The molecule has 0 aromatic heterocycles. The van der Waals surface area contributed by atoms with Gasteiger partial charge in [-0.25, -0.2) is 0 Å². The summed E-state index contributed by atoms with van der Waals surface area (Å²) in [4.78, 5) is 26.8. The lowest BCUT2D eigenvalue weighted by Crippen LogP contribution is -2.37. The molecule has 0 saturated heterocycles. The van der Waals surface area contributed by atoms with Gasteiger partial charge < -0.3 is 9.47 Å². The zero-order chi connectivity index (χ0) is 28.6. The first-order valence-electron chi connectivity index (χ1n) is 18.4. The van der Waals surface area contributed by atoms with Gasteiger partial charge in [-0.15, -0.1) is 0 Å². The van der Waals surface area contributed by atoms with Crippen molar-refractivity contribution in [3.63, 3.8) is 0 Å². The van der Waals surface area contributed by atoms with Crippen LogP contribution in [0.25, 0.3) is 0 Å². The van der Waals surface area contributed by atoms with Crippen LogP contribution in [0, 0.1) is 53.3 Å². The molecule has 0 amide bonds. The van der Waals surface area contributed by atoms with Crippen molar-refractivity contribution in [3.05, 3.63) is 0 Å². The summed E-state index contributed by atoms with van der Waals surface area (Å²) in [5, 5.41) is 0. The maximum atomic E-state index is 13.6. The van der Waals surface area contributed by atoms with E-state index in [2.05, 4.69) is 13.8 Å². The molecule has 0 aromatic rings. The molecule has 0 spiro atoms. The van der Waals surface area contributed by atoms with Gasteiger partial charge in [-0.3, -0.25) is 9.59 Å². The fourth-order valence-corrected chi connectivity index (χ4v) is 9.80. The fourth-order valence-electron chi connectivity index (χ4n) is 9.80. The first-order valence-corrected chi connectivity index (χ1v) is 18.4. The number of ether oxygens (including phenoxy) is 2. The van der Waals surface area contributed by atoms with Crippen molar-refractivity contribution in [2.45, 2.75) is 161 Å². The Morgan fingerprint density at radius 2 is 1.15 bits per heavy atom. The van der Waals surface area contributed by atoms with Crippen LogP contribution in [0.15, 0.2) is 0 Å². The van der Waals surface area contributed by atoms with Crippen molar-refractivity contribution in [1.82, 2.24) is 0 Å². The zero-order valence-electron chi connectivity index (χ0n) is 26.7. The van der Waals surface area contributed by atoms with Crippen molar-refractivity contribution >= 4 is 11.9 Å². The Hall–Kier alpha value is -1.06. The van der Waals surface area contributed by atoms with Gasteiger partial charge in [0.15, 0.2) is 0 Å². The molecule has 0 bridgehead atoms. The van der Waals surface area contributed by atoms with Gasteiger partial charge in [0.2, 0.25) is 0 Å². The maximum Gasteiger partial charge on any atom is 0.312 e. The van der Waals surface area contributed by atoms with Gasteiger partial charge in [-0.05, 0) is 131 Å². The van der Waals surface area contributed by atoms with E-state index in [1.54, 1.807) is 0 Å².